The molecule has 2 nitrogen and oxygen atoms in total. The average molecular weight is 244 g/mol. The molecule has 0 saturated heterocycles. The molecule has 0 amide bonds. The number of thioether (sulfide) groups is 1. The largest absolute Gasteiger partial charge is 0.328 e. The van der Waals surface area contributed by atoms with E-state index >= 15 is 0 Å². The van der Waals surface area contributed by atoms with E-state index in [0.717, 1.165) is 6.04 Å². The normalized spacial score (nSPS) is 26.2. The fourth-order valence-corrected chi connectivity index (χ4v) is 3.12. The van der Waals surface area contributed by atoms with Gasteiger partial charge in [-0.05, 0) is 63.6 Å². The van der Waals surface area contributed by atoms with Crippen LogP contribution in [0.15, 0.2) is 0 Å². The molecule has 0 heterocycles. The highest BCUT2D eigenvalue weighted by Crippen LogP contribution is 2.22. The van der Waals surface area contributed by atoms with Gasteiger partial charge in [0.2, 0.25) is 0 Å². The molecule has 1 aliphatic rings. The standard InChI is InChI=1S/C13H28N2S/c1-3-15(10-4-5-11-16-2)13-8-6-12(14)7-9-13/h12-13H,3-11,14H2,1-2H3. The third-order valence-electron chi connectivity index (χ3n) is 3.71. The molecule has 16 heavy (non-hydrogen) atoms. The van der Waals surface area contributed by atoms with E-state index < -0.39 is 0 Å². The lowest BCUT2D eigenvalue weighted by Crippen LogP contribution is -2.41. The summed E-state index contributed by atoms with van der Waals surface area (Å²) >= 11 is 1.96. The maximum absolute atomic E-state index is 5.96. The van der Waals surface area contributed by atoms with Crippen LogP contribution in [-0.4, -0.2) is 42.1 Å². The highest BCUT2D eigenvalue weighted by atomic mass is 32.2. The molecule has 0 bridgehead atoms. The van der Waals surface area contributed by atoms with E-state index in [1.54, 1.807) is 0 Å². The van der Waals surface area contributed by atoms with Gasteiger partial charge >= 0.3 is 0 Å². The van der Waals surface area contributed by atoms with Crippen molar-refractivity contribution in [3.05, 3.63) is 0 Å². The van der Waals surface area contributed by atoms with E-state index in [0.29, 0.717) is 6.04 Å². The summed E-state index contributed by atoms with van der Waals surface area (Å²) in [6, 6.07) is 1.30. The molecule has 1 rings (SSSR count). The predicted molar refractivity (Wildman–Crippen MR) is 75.1 cm³/mol. The summed E-state index contributed by atoms with van der Waals surface area (Å²) in [4.78, 5) is 2.67. The Labute approximate surface area is 105 Å². The van der Waals surface area contributed by atoms with E-state index in [1.165, 1.54) is 57.4 Å². The molecule has 0 spiro atoms. The van der Waals surface area contributed by atoms with Crippen LogP contribution >= 0.6 is 11.8 Å². The molecule has 1 fully saturated rings. The summed E-state index contributed by atoms with van der Waals surface area (Å²) in [5, 5.41) is 0. The smallest absolute Gasteiger partial charge is 0.00962 e. The number of hydrogen-bond acceptors (Lipinski definition) is 3. The van der Waals surface area contributed by atoms with Crippen molar-refractivity contribution < 1.29 is 0 Å². The highest BCUT2D eigenvalue weighted by Gasteiger charge is 2.22. The zero-order valence-corrected chi connectivity index (χ0v) is 11.8. The van der Waals surface area contributed by atoms with Crippen molar-refractivity contribution in [1.29, 1.82) is 0 Å². The number of nitrogens with zero attached hydrogens (tertiary/aromatic N) is 1. The summed E-state index contributed by atoms with van der Waals surface area (Å²) in [7, 11) is 0. The minimum absolute atomic E-state index is 0.478. The zero-order valence-electron chi connectivity index (χ0n) is 11.0. The molecule has 0 unspecified atom stereocenters. The Morgan fingerprint density at radius 3 is 2.44 bits per heavy atom. The van der Waals surface area contributed by atoms with Gasteiger partial charge in [-0.3, -0.25) is 0 Å². The van der Waals surface area contributed by atoms with E-state index in [2.05, 4.69) is 18.1 Å². The molecule has 0 aromatic rings. The van der Waals surface area contributed by atoms with Gasteiger partial charge in [0.15, 0.2) is 0 Å². The number of nitrogens with two attached hydrogens (primary N) is 1. The Morgan fingerprint density at radius 1 is 1.19 bits per heavy atom. The molecular formula is C13H28N2S. The fourth-order valence-electron chi connectivity index (χ4n) is 2.63. The SMILES string of the molecule is CCN(CCCCSC)C1CCC(N)CC1. The molecule has 0 radical (unpaired) electrons. The molecule has 2 N–H and O–H groups in total. The summed E-state index contributed by atoms with van der Waals surface area (Å²) in [5.74, 6) is 1.31. The first-order chi connectivity index (χ1) is 7.77. The maximum atomic E-state index is 5.96. The van der Waals surface area contributed by atoms with Crippen LogP contribution in [0.3, 0.4) is 0 Å². The second-order valence-corrected chi connectivity index (χ2v) is 5.88. The number of rotatable bonds is 7. The van der Waals surface area contributed by atoms with Gasteiger partial charge in [-0.2, -0.15) is 11.8 Å². The first-order valence-electron chi connectivity index (χ1n) is 6.76. The Balaban J connectivity index is 2.19. The summed E-state index contributed by atoms with van der Waals surface area (Å²) in [5.41, 5.74) is 5.96. The first kappa shape index (κ1) is 14.3. The van der Waals surface area contributed by atoms with E-state index in [4.69, 9.17) is 5.73 Å². The van der Waals surface area contributed by atoms with Crippen molar-refractivity contribution in [2.45, 2.75) is 57.5 Å². The summed E-state index contributed by atoms with van der Waals surface area (Å²) in [6.07, 6.45) is 10.0. The Kier molecular flexibility index (Phi) is 7.50. The van der Waals surface area contributed by atoms with Crippen LogP contribution in [0.2, 0.25) is 0 Å². The second kappa shape index (κ2) is 8.37. The van der Waals surface area contributed by atoms with Crippen LogP contribution in [0, 0.1) is 0 Å². The monoisotopic (exact) mass is 244 g/mol. The lowest BCUT2D eigenvalue weighted by molar-refractivity contribution is 0.155. The van der Waals surface area contributed by atoms with Crippen LogP contribution in [-0.2, 0) is 0 Å². The van der Waals surface area contributed by atoms with Crippen molar-refractivity contribution in [3.63, 3.8) is 0 Å². The maximum Gasteiger partial charge on any atom is 0.00962 e. The second-order valence-electron chi connectivity index (χ2n) is 4.90. The van der Waals surface area contributed by atoms with Gasteiger partial charge in [-0.1, -0.05) is 6.92 Å². The van der Waals surface area contributed by atoms with Gasteiger partial charge in [0.25, 0.3) is 0 Å². The molecule has 1 aliphatic carbocycles. The Bertz CT molecular complexity index is 167. The predicted octanol–water partition coefficient (Wildman–Crippen LogP) is 2.72. The Morgan fingerprint density at radius 2 is 1.88 bits per heavy atom. The molecule has 1 saturated carbocycles. The van der Waals surface area contributed by atoms with Crippen LogP contribution in [0.4, 0.5) is 0 Å². The average Bonchev–Trinajstić information content (AvgIpc) is 2.31. The van der Waals surface area contributed by atoms with Crippen molar-refractivity contribution in [2.24, 2.45) is 5.73 Å². The van der Waals surface area contributed by atoms with Crippen molar-refractivity contribution in [3.8, 4) is 0 Å². The fraction of sp³-hybridized carbons (Fsp3) is 1.00. The summed E-state index contributed by atoms with van der Waals surface area (Å²) < 4.78 is 0. The van der Waals surface area contributed by atoms with Gasteiger partial charge < -0.3 is 10.6 Å². The molecule has 0 aromatic carbocycles. The van der Waals surface area contributed by atoms with Gasteiger partial charge in [0, 0.05) is 12.1 Å². The van der Waals surface area contributed by atoms with Crippen LogP contribution in [0.25, 0.3) is 0 Å². The molecule has 3 heteroatoms. The van der Waals surface area contributed by atoms with E-state index in [1.807, 2.05) is 11.8 Å². The molecule has 0 atom stereocenters. The lowest BCUT2D eigenvalue weighted by Gasteiger charge is -2.35. The molecule has 0 aromatic heterocycles. The quantitative estimate of drug-likeness (QED) is 0.698. The van der Waals surface area contributed by atoms with E-state index in [-0.39, 0.29) is 0 Å². The van der Waals surface area contributed by atoms with E-state index in [9.17, 15) is 0 Å². The van der Waals surface area contributed by atoms with Gasteiger partial charge in [-0.25, -0.2) is 0 Å². The van der Waals surface area contributed by atoms with Crippen LogP contribution in [0.5, 0.6) is 0 Å². The first-order valence-corrected chi connectivity index (χ1v) is 8.15. The van der Waals surface area contributed by atoms with Crippen molar-refractivity contribution in [2.75, 3.05) is 25.1 Å². The third kappa shape index (κ3) is 5.07. The molecular weight excluding hydrogens is 216 g/mol. The minimum atomic E-state index is 0.478. The topological polar surface area (TPSA) is 29.3 Å². The van der Waals surface area contributed by atoms with Gasteiger partial charge in [-0.15, -0.1) is 0 Å². The zero-order chi connectivity index (χ0) is 11.8. The number of hydrogen-bond donors (Lipinski definition) is 1. The Hall–Kier alpha value is 0.270. The van der Waals surface area contributed by atoms with Crippen molar-refractivity contribution >= 4 is 11.8 Å². The van der Waals surface area contributed by atoms with Gasteiger partial charge in [0.1, 0.15) is 0 Å². The third-order valence-corrected chi connectivity index (χ3v) is 4.40. The number of unbranched alkanes of at least 4 members (excludes halogenated alkanes) is 1. The van der Waals surface area contributed by atoms with Crippen LogP contribution < -0.4 is 5.73 Å². The molecule has 96 valence electrons. The minimum Gasteiger partial charge on any atom is -0.328 e. The highest BCUT2D eigenvalue weighted by molar-refractivity contribution is 7.98. The van der Waals surface area contributed by atoms with Gasteiger partial charge in [0.05, 0.1) is 0 Å². The van der Waals surface area contributed by atoms with Crippen molar-refractivity contribution in [1.82, 2.24) is 4.90 Å². The molecule has 0 aliphatic heterocycles. The lowest BCUT2D eigenvalue weighted by atomic mass is 9.90. The summed E-state index contributed by atoms with van der Waals surface area (Å²) in [6.45, 7) is 4.79. The van der Waals surface area contributed by atoms with Crippen LogP contribution in [0.1, 0.15) is 45.4 Å².